The lowest BCUT2D eigenvalue weighted by molar-refractivity contribution is 0.888. The molecule has 0 spiro atoms. The molecule has 0 amide bonds. The number of thiazole rings is 1. The molecule has 3 nitrogen and oxygen atoms in total. The molecule has 3 aromatic rings. The molecule has 0 saturated heterocycles. The van der Waals surface area contributed by atoms with E-state index in [9.17, 15) is 5.26 Å². The minimum Gasteiger partial charge on any atom is -0.330 e. The number of hydrogen-bond donors (Lipinski definition) is 1. The van der Waals surface area contributed by atoms with Crippen molar-refractivity contribution in [3.63, 3.8) is 0 Å². The van der Waals surface area contributed by atoms with Gasteiger partial charge < -0.3 is 5.32 Å². The van der Waals surface area contributed by atoms with Crippen molar-refractivity contribution in [1.29, 1.82) is 5.26 Å². The van der Waals surface area contributed by atoms with Crippen molar-refractivity contribution in [2.45, 2.75) is 19.8 Å². The van der Waals surface area contributed by atoms with Crippen molar-refractivity contribution in [2.24, 2.45) is 0 Å². The molecule has 126 valence electrons. The summed E-state index contributed by atoms with van der Waals surface area (Å²) in [5.74, 6) is 0.309. The summed E-state index contributed by atoms with van der Waals surface area (Å²) < 4.78 is 0. The van der Waals surface area contributed by atoms with Crippen LogP contribution in [0.2, 0.25) is 10.0 Å². The molecular weight excluding hydrogens is 373 g/mol. The number of benzene rings is 2. The third-order valence-corrected chi connectivity index (χ3v) is 5.67. The quantitative estimate of drug-likeness (QED) is 0.531. The fraction of sp³-hybridized carbons (Fsp3) is 0.158. The van der Waals surface area contributed by atoms with Crippen LogP contribution in [0.5, 0.6) is 0 Å². The zero-order chi connectivity index (χ0) is 18.0. The molecular formula is C19H15Cl2N3S. The number of aromatic nitrogens is 1. The number of nitrogens with zero attached hydrogens (tertiary/aromatic N) is 2. The highest BCUT2D eigenvalue weighted by molar-refractivity contribution is 7.16. The Kier molecular flexibility index (Phi) is 5.29. The maximum atomic E-state index is 9.24. The van der Waals surface area contributed by atoms with Crippen LogP contribution in [0.25, 0.3) is 11.3 Å². The van der Waals surface area contributed by atoms with Gasteiger partial charge >= 0.3 is 0 Å². The van der Waals surface area contributed by atoms with E-state index in [1.165, 1.54) is 0 Å². The average molecular weight is 388 g/mol. The topological polar surface area (TPSA) is 48.7 Å². The smallest absolute Gasteiger partial charge is 0.188 e. The van der Waals surface area contributed by atoms with Crippen molar-refractivity contribution < 1.29 is 0 Å². The van der Waals surface area contributed by atoms with Crippen LogP contribution in [0.3, 0.4) is 0 Å². The van der Waals surface area contributed by atoms with Crippen LogP contribution in [0.4, 0.5) is 10.8 Å². The highest BCUT2D eigenvalue weighted by Crippen LogP contribution is 2.39. The molecule has 0 aliphatic rings. The van der Waals surface area contributed by atoms with Gasteiger partial charge in [0.25, 0.3) is 0 Å². The number of halogens is 2. The summed E-state index contributed by atoms with van der Waals surface area (Å²) >= 11 is 13.8. The first-order chi connectivity index (χ1) is 12.0. The zero-order valence-electron chi connectivity index (χ0n) is 13.7. The van der Waals surface area contributed by atoms with Gasteiger partial charge in [0, 0.05) is 10.4 Å². The molecule has 6 heteroatoms. The van der Waals surface area contributed by atoms with Crippen molar-refractivity contribution in [3.05, 3.63) is 63.0 Å². The number of nitriles is 1. The first kappa shape index (κ1) is 17.8. The Hall–Kier alpha value is -2.06. The first-order valence-corrected chi connectivity index (χ1v) is 9.29. The predicted octanol–water partition coefficient (Wildman–Crippen LogP) is 6.86. The molecule has 1 N–H and O–H groups in total. The second-order valence-corrected chi connectivity index (χ2v) is 7.64. The highest BCUT2D eigenvalue weighted by atomic mass is 35.5. The van der Waals surface area contributed by atoms with E-state index in [4.69, 9.17) is 28.2 Å². The lowest BCUT2D eigenvalue weighted by atomic mass is 10.1. The van der Waals surface area contributed by atoms with E-state index in [1.807, 2.05) is 30.3 Å². The Morgan fingerprint density at radius 1 is 1.12 bits per heavy atom. The van der Waals surface area contributed by atoms with Crippen molar-refractivity contribution >= 4 is 45.4 Å². The molecule has 0 aliphatic heterocycles. The van der Waals surface area contributed by atoms with E-state index < -0.39 is 0 Å². The lowest BCUT2D eigenvalue weighted by Gasteiger charge is -2.06. The second-order valence-electron chi connectivity index (χ2n) is 5.80. The highest BCUT2D eigenvalue weighted by Gasteiger charge is 2.17. The Morgan fingerprint density at radius 3 is 2.56 bits per heavy atom. The van der Waals surface area contributed by atoms with Gasteiger partial charge in [-0.25, -0.2) is 4.98 Å². The molecule has 3 rings (SSSR count). The molecule has 0 bridgehead atoms. The van der Waals surface area contributed by atoms with E-state index in [0.717, 1.165) is 27.0 Å². The van der Waals surface area contributed by atoms with Crippen LogP contribution in [-0.4, -0.2) is 4.98 Å². The average Bonchev–Trinajstić information content (AvgIpc) is 3.02. The minimum atomic E-state index is 0.309. The second kappa shape index (κ2) is 7.45. The summed E-state index contributed by atoms with van der Waals surface area (Å²) in [6, 6.07) is 15.1. The number of rotatable bonds is 4. The first-order valence-electron chi connectivity index (χ1n) is 7.72. The summed E-state index contributed by atoms with van der Waals surface area (Å²) in [5, 5.41) is 14.3. The standard InChI is InChI=1S/C19H15Cl2N3S/c1-11(2)18-17(12-7-8-14(20)15(21)9-12)24-19(25-18)23-16-6-4-3-5-13(16)10-22/h3-9,11H,1-2H3,(H,23,24). The van der Waals surface area contributed by atoms with Gasteiger partial charge in [-0.1, -0.05) is 55.2 Å². The predicted molar refractivity (Wildman–Crippen MR) is 106 cm³/mol. The molecule has 0 aliphatic carbocycles. The molecule has 25 heavy (non-hydrogen) atoms. The summed E-state index contributed by atoms with van der Waals surface area (Å²) in [6.45, 7) is 4.25. The third kappa shape index (κ3) is 3.80. The van der Waals surface area contributed by atoms with Crippen LogP contribution in [0.15, 0.2) is 42.5 Å². The van der Waals surface area contributed by atoms with Crippen molar-refractivity contribution in [2.75, 3.05) is 5.32 Å². The fourth-order valence-electron chi connectivity index (χ4n) is 2.43. The van der Waals surface area contributed by atoms with Crippen LogP contribution in [0.1, 0.15) is 30.2 Å². The number of hydrogen-bond acceptors (Lipinski definition) is 4. The largest absolute Gasteiger partial charge is 0.330 e. The van der Waals surface area contributed by atoms with Crippen LogP contribution in [0, 0.1) is 11.3 Å². The van der Waals surface area contributed by atoms with Crippen LogP contribution < -0.4 is 5.32 Å². The Labute approximate surface area is 160 Å². The minimum absolute atomic E-state index is 0.309. The van der Waals surface area contributed by atoms with Crippen molar-refractivity contribution in [3.8, 4) is 17.3 Å². The lowest BCUT2D eigenvalue weighted by Crippen LogP contribution is -1.92. The maximum absolute atomic E-state index is 9.24. The van der Waals surface area contributed by atoms with Gasteiger partial charge in [-0.2, -0.15) is 5.26 Å². The van der Waals surface area contributed by atoms with E-state index in [0.29, 0.717) is 21.5 Å². The molecule has 2 aromatic carbocycles. The summed E-state index contributed by atoms with van der Waals surface area (Å²) in [7, 11) is 0. The van der Waals surface area contributed by atoms with Crippen LogP contribution in [-0.2, 0) is 0 Å². The number of nitrogens with one attached hydrogen (secondary N) is 1. The summed E-state index contributed by atoms with van der Waals surface area (Å²) in [4.78, 5) is 5.89. The van der Waals surface area contributed by atoms with E-state index >= 15 is 0 Å². The van der Waals surface area contributed by atoms with Gasteiger partial charge in [0.1, 0.15) is 6.07 Å². The van der Waals surface area contributed by atoms with Gasteiger partial charge in [-0.15, -0.1) is 11.3 Å². The summed E-state index contributed by atoms with van der Waals surface area (Å²) in [5.41, 5.74) is 3.14. The Bertz CT molecular complexity index is 958. The van der Waals surface area contributed by atoms with Gasteiger partial charge in [-0.05, 0) is 30.2 Å². The molecule has 0 atom stereocenters. The zero-order valence-corrected chi connectivity index (χ0v) is 16.0. The Balaban J connectivity index is 2.03. The summed E-state index contributed by atoms with van der Waals surface area (Å²) in [6.07, 6.45) is 0. The van der Waals surface area contributed by atoms with Gasteiger partial charge in [0.15, 0.2) is 5.13 Å². The molecule has 1 aromatic heterocycles. The monoisotopic (exact) mass is 387 g/mol. The molecule has 0 fully saturated rings. The Morgan fingerprint density at radius 2 is 1.88 bits per heavy atom. The molecule has 1 heterocycles. The van der Waals surface area contributed by atoms with Gasteiger partial charge in [0.05, 0.1) is 27.0 Å². The molecule has 0 saturated carbocycles. The maximum Gasteiger partial charge on any atom is 0.188 e. The third-order valence-electron chi connectivity index (χ3n) is 3.66. The van der Waals surface area contributed by atoms with Gasteiger partial charge in [-0.3, -0.25) is 0 Å². The van der Waals surface area contributed by atoms with E-state index in [-0.39, 0.29) is 0 Å². The van der Waals surface area contributed by atoms with E-state index in [2.05, 4.69) is 25.2 Å². The van der Waals surface area contributed by atoms with Gasteiger partial charge in [0.2, 0.25) is 0 Å². The van der Waals surface area contributed by atoms with E-state index in [1.54, 1.807) is 23.5 Å². The van der Waals surface area contributed by atoms with Crippen LogP contribution >= 0.6 is 34.5 Å². The fourth-order valence-corrected chi connectivity index (χ4v) is 3.73. The SMILES string of the molecule is CC(C)c1sc(Nc2ccccc2C#N)nc1-c1ccc(Cl)c(Cl)c1. The number of anilines is 2. The normalized spacial score (nSPS) is 10.7. The number of para-hydroxylation sites is 1. The molecule has 0 unspecified atom stereocenters. The molecule has 0 radical (unpaired) electrons. The van der Waals surface area contributed by atoms with Crippen molar-refractivity contribution in [1.82, 2.24) is 4.98 Å².